The number of benzene rings is 3. The van der Waals surface area contributed by atoms with Crippen molar-refractivity contribution >= 4 is 46.6 Å². The molecular weight excluding hydrogens is 439 g/mol. The molecule has 0 bridgehead atoms. The Morgan fingerprint density at radius 2 is 1.90 bits per heavy atom. The van der Waals surface area contributed by atoms with Crippen molar-refractivity contribution in [3.05, 3.63) is 82.6 Å². The number of halogens is 2. The Labute approximate surface area is 187 Å². The summed E-state index contributed by atoms with van der Waals surface area (Å²) in [5, 5.41) is 5.48. The summed E-state index contributed by atoms with van der Waals surface area (Å²) in [5.74, 6) is -1.14. The molecule has 1 aliphatic rings. The quantitative estimate of drug-likeness (QED) is 0.539. The largest absolute Gasteiger partial charge is 0.495 e. The van der Waals surface area contributed by atoms with Gasteiger partial charge in [-0.2, -0.15) is 0 Å². The lowest BCUT2D eigenvalue weighted by Gasteiger charge is -2.14. The fourth-order valence-electron chi connectivity index (χ4n) is 3.30. The predicted molar refractivity (Wildman–Crippen MR) is 121 cm³/mol. The van der Waals surface area contributed by atoms with Crippen molar-refractivity contribution in [3.63, 3.8) is 0 Å². The Kier molecular flexibility index (Phi) is 6.15. The standard InChI is InChI=1S/C23H18ClFN2O3S/c1-30-19-9-7-15(26-23(29)21-10-13-4-2-3-5-20(13)31-21)12-18(19)27-22(28)16-8-6-14(24)11-17(16)25/h2-9,11-12,21H,10H2,1H3,(H,26,29)(H,27,28). The van der Waals surface area contributed by atoms with E-state index in [0.717, 1.165) is 16.5 Å². The van der Waals surface area contributed by atoms with Gasteiger partial charge in [-0.05, 0) is 54.4 Å². The van der Waals surface area contributed by atoms with Gasteiger partial charge in [0.05, 0.1) is 23.6 Å². The van der Waals surface area contributed by atoms with Crippen LogP contribution in [0, 0.1) is 5.82 Å². The van der Waals surface area contributed by atoms with Crippen LogP contribution in [0.15, 0.2) is 65.6 Å². The van der Waals surface area contributed by atoms with Gasteiger partial charge in [0.1, 0.15) is 11.6 Å². The molecule has 4 rings (SSSR count). The smallest absolute Gasteiger partial charge is 0.258 e. The molecule has 0 aromatic heterocycles. The van der Waals surface area contributed by atoms with Crippen molar-refractivity contribution in [2.75, 3.05) is 17.7 Å². The fourth-order valence-corrected chi connectivity index (χ4v) is 4.65. The van der Waals surface area contributed by atoms with E-state index in [2.05, 4.69) is 10.6 Å². The third kappa shape index (κ3) is 4.68. The lowest BCUT2D eigenvalue weighted by atomic mass is 10.1. The summed E-state index contributed by atoms with van der Waals surface area (Å²) in [6.07, 6.45) is 0.655. The minimum Gasteiger partial charge on any atom is -0.495 e. The van der Waals surface area contributed by atoms with Gasteiger partial charge < -0.3 is 15.4 Å². The molecule has 31 heavy (non-hydrogen) atoms. The molecular formula is C23H18ClFN2O3S. The Balaban J connectivity index is 1.50. The van der Waals surface area contributed by atoms with Crippen LogP contribution in [0.4, 0.5) is 15.8 Å². The van der Waals surface area contributed by atoms with Crippen molar-refractivity contribution in [1.82, 2.24) is 0 Å². The van der Waals surface area contributed by atoms with Crippen LogP contribution in [0.1, 0.15) is 15.9 Å². The third-order valence-electron chi connectivity index (χ3n) is 4.83. The Bertz CT molecular complexity index is 1150. The molecule has 0 aliphatic carbocycles. The van der Waals surface area contributed by atoms with Gasteiger partial charge in [-0.3, -0.25) is 9.59 Å². The molecule has 0 saturated carbocycles. The van der Waals surface area contributed by atoms with E-state index in [0.29, 0.717) is 23.5 Å². The normalized spacial score (nSPS) is 14.6. The number of fused-ring (bicyclic) bond motifs is 1. The molecule has 158 valence electrons. The number of hydrogen-bond acceptors (Lipinski definition) is 4. The van der Waals surface area contributed by atoms with E-state index >= 15 is 0 Å². The number of carbonyl (C=O) groups is 2. The number of anilines is 2. The highest BCUT2D eigenvalue weighted by atomic mass is 35.5. The minimum atomic E-state index is -0.730. The van der Waals surface area contributed by atoms with Gasteiger partial charge in [-0.15, -0.1) is 11.8 Å². The number of nitrogens with one attached hydrogen (secondary N) is 2. The van der Waals surface area contributed by atoms with Gasteiger partial charge in [-0.25, -0.2) is 4.39 Å². The molecule has 3 aromatic rings. The number of methoxy groups -OCH3 is 1. The van der Waals surface area contributed by atoms with Crippen molar-refractivity contribution in [3.8, 4) is 5.75 Å². The summed E-state index contributed by atoms with van der Waals surface area (Å²) in [4.78, 5) is 26.4. The minimum absolute atomic E-state index is 0.132. The second kappa shape index (κ2) is 8.99. The number of rotatable bonds is 5. The van der Waals surface area contributed by atoms with Crippen molar-refractivity contribution in [1.29, 1.82) is 0 Å². The first kappa shape index (κ1) is 21.2. The topological polar surface area (TPSA) is 67.4 Å². The Morgan fingerprint density at radius 1 is 1.10 bits per heavy atom. The Morgan fingerprint density at radius 3 is 2.65 bits per heavy atom. The van der Waals surface area contributed by atoms with Crippen LogP contribution in [0.3, 0.4) is 0 Å². The van der Waals surface area contributed by atoms with Gasteiger partial charge >= 0.3 is 0 Å². The number of ether oxygens (including phenoxy) is 1. The summed E-state index contributed by atoms with van der Waals surface area (Å²) in [6.45, 7) is 0. The van der Waals surface area contributed by atoms with E-state index in [-0.39, 0.29) is 21.7 Å². The molecule has 0 fully saturated rings. The number of thioether (sulfide) groups is 1. The van der Waals surface area contributed by atoms with Crippen LogP contribution >= 0.6 is 23.4 Å². The maximum atomic E-state index is 14.1. The maximum absolute atomic E-state index is 14.1. The van der Waals surface area contributed by atoms with Crippen LogP contribution in [0.5, 0.6) is 5.75 Å². The van der Waals surface area contributed by atoms with E-state index in [1.807, 2.05) is 24.3 Å². The van der Waals surface area contributed by atoms with Gasteiger partial charge in [0.25, 0.3) is 5.91 Å². The molecule has 5 nitrogen and oxygen atoms in total. The van der Waals surface area contributed by atoms with Crippen LogP contribution in [0.25, 0.3) is 0 Å². The highest BCUT2D eigenvalue weighted by molar-refractivity contribution is 8.01. The molecule has 1 atom stereocenters. The van der Waals surface area contributed by atoms with Gasteiger partial charge in [0.2, 0.25) is 5.91 Å². The van der Waals surface area contributed by atoms with E-state index in [9.17, 15) is 14.0 Å². The van der Waals surface area contributed by atoms with Gasteiger partial charge in [0.15, 0.2) is 0 Å². The fraction of sp³-hybridized carbons (Fsp3) is 0.130. The second-order valence-electron chi connectivity index (χ2n) is 6.90. The van der Waals surface area contributed by atoms with E-state index in [1.165, 1.54) is 31.0 Å². The number of amides is 2. The van der Waals surface area contributed by atoms with Crippen molar-refractivity contribution in [2.24, 2.45) is 0 Å². The SMILES string of the molecule is COc1ccc(NC(=O)C2Cc3ccccc3S2)cc1NC(=O)c1ccc(Cl)cc1F. The second-order valence-corrected chi connectivity index (χ2v) is 8.58. The molecule has 0 spiro atoms. The molecule has 3 aromatic carbocycles. The first-order valence-electron chi connectivity index (χ1n) is 9.44. The average molecular weight is 457 g/mol. The number of carbonyl (C=O) groups excluding carboxylic acids is 2. The lowest BCUT2D eigenvalue weighted by Crippen LogP contribution is -2.24. The maximum Gasteiger partial charge on any atom is 0.258 e. The molecule has 1 unspecified atom stereocenters. The van der Waals surface area contributed by atoms with Crippen LogP contribution in [-0.2, 0) is 11.2 Å². The first-order chi connectivity index (χ1) is 14.9. The highest BCUT2D eigenvalue weighted by Gasteiger charge is 2.28. The zero-order valence-corrected chi connectivity index (χ0v) is 18.0. The molecule has 0 radical (unpaired) electrons. The predicted octanol–water partition coefficient (Wildman–Crippen LogP) is 5.40. The van der Waals surface area contributed by atoms with Gasteiger partial charge in [0, 0.05) is 15.6 Å². The van der Waals surface area contributed by atoms with Gasteiger partial charge in [-0.1, -0.05) is 29.8 Å². The molecule has 8 heteroatoms. The molecule has 2 amide bonds. The zero-order valence-electron chi connectivity index (χ0n) is 16.4. The summed E-state index contributed by atoms with van der Waals surface area (Å²) >= 11 is 7.28. The first-order valence-corrected chi connectivity index (χ1v) is 10.7. The average Bonchev–Trinajstić information content (AvgIpc) is 3.18. The number of hydrogen-bond donors (Lipinski definition) is 2. The molecule has 2 N–H and O–H groups in total. The van der Waals surface area contributed by atoms with Crippen LogP contribution in [-0.4, -0.2) is 24.2 Å². The van der Waals surface area contributed by atoms with Crippen molar-refractivity contribution in [2.45, 2.75) is 16.6 Å². The van der Waals surface area contributed by atoms with Crippen LogP contribution < -0.4 is 15.4 Å². The summed E-state index contributed by atoms with van der Waals surface area (Å²) in [6, 6.07) is 16.6. The summed E-state index contributed by atoms with van der Waals surface area (Å²) < 4.78 is 19.4. The molecule has 1 aliphatic heterocycles. The molecule has 1 heterocycles. The zero-order chi connectivity index (χ0) is 22.0. The third-order valence-corrected chi connectivity index (χ3v) is 6.38. The monoisotopic (exact) mass is 456 g/mol. The molecule has 0 saturated heterocycles. The van der Waals surface area contributed by atoms with E-state index in [4.69, 9.17) is 16.3 Å². The van der Waals surface area contributed by atoms with Crippen LogP contribution in [0.2, 0.25) is 5.02 Å². The summed E-state index contributed by atoms with van der Waals surface area (Å²) in [5.41, 5.74) is 1.80. The van der Waals surface area contributed by atoms with E-state index < -0.39 is 11.7 Å². The lowest BCUT2D eigenvalue weighted by molar-refractivity contribution is -0.115. The highest BCUT2D eigenvalue weighted by Crippen LogP contribution is 2.37. The Hall–Kier alpha value is -3.03. The summed E-state index contributed by atoms with van der Waals surface area (Å²) in [7, 11) is 1.46. The van der Waals surface area contributed by atoms with Crippen molar-refractivity contribution < 1.29 is 18.7 Å². The van der Waals surface area contributed by atoms with E-state index in [1.54, 1.807) is 18.2 Å².